The van der Waals surface area contributed by atoms with Gasteiger partial charge in [0.1, 0.15) is 11.6 Å². The zero-order chi connectivity index (χ0) is 28.5. The van der Waals surface area contributed by atoms with Crippen molar-refractivity contribution in [2.75, 3.05) is 0 Å². The molecular formula is C36H50O3. The maximum Gasteiger partial charge on any atom is 0.163 e. The van der Waals surface area contributed by atoms with Crippen LogP contribution in [0.15, 0.2) is 36.4 Å². The highest BCUT2D eigenvalue weighted by Gasteiger charge is 2.34. The van der Waals surface area contributed by atoms with Crippen LogP contribution in [0.25, 0.3) is 11.1 Å². The lowest BCUT2D eigenvalue weighted by atomic mass is 9.71. The topological polar surface area (TPSA) is 51.2 Å². The largest absolute Gasteiger partial charge is 0.300 e. The molecule has 0 heterocycles. The van der Waals surface area contributed by atoms with Crippen molar-refractivity contribution in [1.82, 2.24) is 0 Å². The number of hydrogen-bond donors (Lipinski definition) is 0. The van der Waals surface area contributed by atoms with Crippen LogP contribution in [0.2, 0.25) is 0 Å². The fourth-order valence-electron chi connectivity index (χ4n) is 6.74. The van der Waals surface area contributed by atoms with Crippen LogP contribution >= 0.6 is 0 Å². The van der Waals surface area contributed by atoms with E-state index in [9.17, 15) is 14.4 Å². The minimum atomic E-state index is -0.101. The van der Waals surface area contributed by atoms with E-state index in [-0.39, 0.29) is 41.5 Å². The maximum absolute atomic E-state index is 13.5. The van der Waals surface area contributed by atoms with Crippen LogP contribution in [-0.2, 0) is 22.4 Å². The van der Waals surface area contributed by atoms with Gasteiger partial charge in [0.25, 0.3) is 0 Å². The summed E-state index contributed by atoms with van der Waals surface area (Å²) in [6, 6.07) is 13.2. The van der Waals surface area contributed by atoms with Gasteiger partial charge in [-0.15, -0.1) is 0 Å². The van der Waals surface area contributed by atoms with Crippen LogP contribution in [-0.4, -0.2) is 17.3 Å². The molecule has 3 rings (SSSR count). The molecule has 0 radical (unpaired) electrons. The molecule has 0 fully saturated rings. The summed E-state index contributed by atoms with van der Waals surface area (Å²) in [5.41, 5.74) is 6.88. The van der Waals surface area contributed by atoms with Crippen LogP contribution in [0, 0.1) is 30.6 Å². The molecule has 3 heteroatoms. The summed E-state index contributed by atoms with van der Waals surface area (Å²) in [6.07, 6.45) is 9.90. The molecule has 1 aliphatic carbocycles. The average molecular weight is 531 g/mol. The van der Waals surface area contributed by atoms with Crippen molar-refractivity contribution in [1.29, 1.82) is 0 Å². The average Bonchev–Trinajstić information content (AvgIpc) is 2.87. The van der Waals surface area contributed by atoms with E-state index in [0.29, 0.717) is 6.42 Å². The van der Waals surface area contributed by atoms with Gasteiger partial charge in [0.15, 0.2) is 5.78 Å². The molecule has 2 aromatic carbocycles. The highest BCUT2D eigenvalue weighted by Crippen LogP contribution is 2.40. The van der Waals surface area contributed by atoms with Gasteiger partial charge in [-0.3, -0.25) is 14.4 Å². The van der Waals surface area contributed by atoms with Crippen molar-refractivity contribution in [3.63, 3.8) is 0 Å². The molecule has 0 bridgehead atoms. The predicted octanol–water partition coefficient (Wildman–Crippen LogP) is 9.16. The van der Waals surface area contributed by atoms with E-state index in [4.69, 9.17) is 0 Å². The summed E-state index contributed by atoms with van der Waals surface area (Å²) in [4.78, 5) is 38.1. The Morgan fingerprint density at radius 2 is 1.67 bits per heavy atom. The number of Topliss-reactive ketones (excluding diaryl/α,β-unsaturated/α-hetero) is 3. The van der Waals surface area contributed by atoms with E-state index in [1.54, 1.807) is 0 Å². The summed E-state index contributed by atoms with van der Waals surface area (Å²) in [5, 5.41) is 0. The molecule has 0 aliphatic heterocycles. The van der Waals surface area contributed by atoms with Gasteiger partial charge in [-0.25, -0.2) is 0 Å². The van der Waals surface area contributed by atoms with E-state index in [0.717, 1.165) is 55.6 Å². The summed E-state index contributed by atoms with van der Waals surface area (Å²) in [7, 11) is 0. The Kier molecular flexibility index (Phi) is 11.7. The minimum absolute atomic E-state index is 0.0300. The second-order valence-corrected chi connectivity index (χ2v) is 12.5. The van der Waals surface area contributed by atoms with Gasteiger partial charge in [0.2, 0.25) is 0 Å². The molecule has 3 unspecified atom stereocenters. The molecular weight excluding hydrogens is 480 g/mol. The molecule has 39 heavy (non-hydrogen) atoms. The number of ketones is 3. The van der Waals surface area contributed by atoms with E-state index in [1.165, 1.54) is 48.4 Å². The number of unbranched alkanes of at least 4 members (excludes halogenated alkanes) is 1. The number of hydrogen-bond acceptors (Lipinski definition) is 3. The van der Waals surface area contributed by atoms with Crippen molar-refractivity contribution in [2.24, 2.45) is 23.7 Å². The third kappa shape index (κ3) is 8.47. The van der Waals surface area contributed by atoms with E-state index in [1.807, 2.05) is 0 Å². The monoisotopic (exact) mass is 530 g/mol. The Morgan fingerprint density at radius 3 is 2.28 bits per heavy atom. The van der Waals surface area contributed by atoms with Crippen LogP contribution in [0.3, 0.4) is 0 Å². The number of benzene rings is 2. The van der Waals surface area contributed by atoms with Crippen molar-refractivity contribution in [3.8, 4) is 11.1 Å². The Hall–Kier alpha value is -2.55. The van der Waals surface area contributed by atoms with Crippen LogP contribution in [0.4, 0.5) is 0 Å². The van der Waals surface area contributed by atoms with Crippen LogP contribution < -0.4 is 0 Å². The molecule has 0 saturated heterocycles. The minimum Gasteiger partial charge on any atom is -0.300 e. The lowest BCUT2D eigenvalue weighted by molar-refractivity contribution is -0.129. The second kappa shape index (κ2) is 14.7. The Labute approximate surface area is 237 Å². The third-order valence-corrected chi connectivity index (χ3v) is 8.67. The summed E-state index contributed by atoms with van der Waals surface area (Å²) < 4.78 is 0. The fraction of sp³-hybridized carbons (Fsp3) is 0.583. The Bertz CT molecular complexity index is 1120. The molecule has 0 amide bonds. The molecule has 2 aromatic rings. The number of aryl methyl sites for hydroxylation is 2. The van der Waals surface area contributed by atoms with E-state index in [2.05, 4.69) is 71.0 Å². The first kappa shape index (κ1) is 31.0. The smallest absolute Gasteiger partial charge is 0.163 e. The van der Waals surface area contributed by atoms with Gasteiger partial charge < -0.3 is 0 Å². The summed E-state index contributed by atoms with van der Waals surface area (Å²) in [6.45, 7) is 12.3. The number of carbonyl (C=O) groups is 3. The molecule has 0 N–H and O–H groups in total. The number of carbonyl (C=O) groups excluding carboxylic acids is 3. The van der Waals surface area contributed by atoms with Gasteiger partial charge in [0, 0.05) is 17.9 Å². The first-order valence-corrected chi connectivity index (χ1v) is 15.4. The fourth-order valence-corrected chi connectivity index (χ4v) is 6.74. The lowest BCUT2D eigenvalue weighted by Gasteiger charge is -2.32. The van der Waals surface area contributed by atoms with E-state index < -0.39 is 0 Å². The van der Waals surface area contributed by atoms with Crippen molar-refractivity contribution >= 4 is 17.3 Å². The number of fused-ring (bicyclic) bond motifs is 1. The van der Waals surface area contributed by atoms with Gasteiger partial charge in [-0.2, -0.15) is 0 Å². The maximum atomic E-state index is 13.5. The van der Waals surface area contributed by atoms with Crippen molar-refractivity contribution in [2.45, 2.75) is 112 Å². The zero-order valence-corrected chi connectivity index (χ0v) is 25.3. The zero-order valence-electron chi connectivity index (χ0n) is 25.3. The van der Waals surface area contributed by atoms with Gasteiger partial charge in [-0.1, -0.05) is 89.8 Å². The first-order chi connectivity index (χ1) is 18.6. The molecule has 0 spiro atoms. The Morgan fingerprint density at radius 1 is 0.949 bits per heavy atom. The molecule has 212 valence electrons. The van der Waals surface area contributed by atoms with Crippen molar-refractivity contribution < 1.29 is 14.4 Å². The highest BCUT2D eigenvalue weighted by molar-refractivity contribution is 6.02. The van der Waals surface area contributed by atoms with Crippen LogP contribution in [0.1, 0.15) is 119 Å². The SMILES string of the molecule is CCCC(CC1CC(=O)c2c(C)ccc(-c3ccc(CCCCC(C)C)cc3)c2C1)C(CC)C(=O)CC(C)=O. The molecule has 1 aliphatic rings. The lowest BCUT2D eigenvalue weighted by Crippen LogP contribution is -2.30. The number of rotatable bonds is 15. The molecule has 0 saturated carbocycles. The predicted molar refractivity (Wildman–Crippen MR) is 162 cm³/mol. The van der Waals surface area contributed by atoms with Crippen molar-refractivity contribution in [3.05, 3.63) is 58.7 Å². The normalized spacial score (nSPS) is 16.7. The van der Waals surface area contributed by atoms with Crippen LogP contribution in [0.5, 0.6) is 0 Å². The van der Waals surface area contributed by atoms with Gasteiger partial charge >= 0.3 is 0 Å². The Balaban J connectivity index is 1.82. The van der Waals surface area contributed by atoms with E-state index >= 15 is 0 Å². The van der Waals surface area contributed by atoms with Gasteiger partial charge in [-0.05, 0) is 91.5 Å². The second-order valence-electron chi connectivity index (χ2n) is 12.5. The summed E-state index contributed by atoms with van der Waals surface area (Å²) in [5.74, 6) is 1.36. The molecule has 3 nitrogen and oxygen atoms in total. The summed E-state index contributed by atoms with van der Waals surface area (Å²) >= 11 is 0. The highest BCUT2D eigenvalue weighted by atomic mass is 16.1. The third-order valence-electron chi connectivity index (χ3n) is 8.67. The first-order valence-electron chi connectivity index (χ1n) is 15.4. The molecule has 3 atom stereocenters. The molecule has 0 aromatic heterocycles. The standard InChI is InChI=1S/C36H50O3/c1-7-11-30(31(8-2)34(38)20-26(6)37)21-28-22-33-32(19-14-25(5)36(33)35(39)23-28)29-17-15-27(16-18-29)13-10-9-12-24(3)4/h14-19,24,28,30-31H,7-13,20-23H2,1-6H3. The quantitative estimate of drug-likeness (QED) is 0.170. The van der Waals surface area contributed by atoms with Gasteiger partial charge in [0.05, 0.1) is 6.42 Å².